The molecule has 0 spiro atoms. The number of aliphatic carboxylic acids is 1. The molecule has 0 aliphatic carbocycles. The molecule has 0 saturated heterocycles. The molecule has 0 unspecified atom stereocenters. The van der Waals surface area contributed by atoms with Crippen molar-refractivity contribution < 1.29 is 23.8 Å². The lowest BCUT2D eigenvalue weighted by molar-refractivity contribution is -0.136. The highest BCUT2D eigenvalue weighted by molar-refractivity contribution is 5.67. The van der Waals surface area contributed by atoms with Crippen LogP contribution in [-0.2, 0) is 11.2 Å². The average Bonchev–Trinajstić information content (AvgIpc) is 2.26. The fourth-order valence-electron chi connectivity index (χ4n) is 1.36. The first-order valence-electron chi connectivity index (χ1n) is 4.70. The molecular formula is C11H13FO4. The number of hydrogen-bond donors (Lipinski definition) is 1. The summed E-state index contributed by atoms with van der Waals surface area (Å²) in [4.78, 5) is 10.4. The molecule has 88 valence electrons. The van der Waals surface area contributed by atoms with E-state index in [2.05, 4.69) is 0 Å². The van der Waals surface area contributed by atoms with Crippen LogP contribution < -0.4 is 9.47 Å². The first-order valence-corrected chi connectivity index (χ1v) is 4.70. The Labute approximate surface area is 92.6 Å². The van der Waals surface area contributed by atoms with Crippen LogP contribution in [0.2, 0.25) is 0 Å². The molecule has 0 fully saturated rings. The van der Waals surface area contributed by atoms with E-state index in [1.165, 1.54) is 26.4 Å². The predicted molar refractivity (Wildman–Crippen MR) is 55.5 cm³/mol. The number of carbonyl (C=O) groups is 1. The number of benzene rings is 1. The molecule has 5 heteroatoms. The molecule has 0 saturated carbocycles. The molecule has 1 rings (SSSR count). The maximum absolute atomic E-state index is 13.6. The highest BCUT2D eigenvalue weighted by Crippen LogP contribution is 2.28. The molecule has 4 nitrogen and oxygen atoms in total. The Bertz CT molecular complexity index is 390. The normalized spacial score (nSPS) is 9.94. The van der Waals surface area contributed by atoms with Gasteiger partial charge in [-0.2, -0.15) is 0 Å². The van der Waals surface area contributed by atoms with Crippen LogP contribution in [0.25, 0.3) is 0 Å². The zero-order chi connectivity index (χ0) is 12.1. The van der Waals surface area contributed by atoms with Crippen molar-refractivity contribution in [2.45, 2.75) is 12.8 Å². The van der Waals surface area contributed by atoms with Gasteiger partial charge in [0.15, 0.2) is 0 Å². The number of methoxy groups -OCH3 is 2. The lowest BCUT2D eigenvalue weighted by Crippen LogP contribution is -2.02. The monoisotopic (exact) mass is 228 g/mol. The zero-order valence-corrected chi connectivity index (χ0v) is 9.12. The highest BCUT2D eigenvalue weighted by atomic mass is 19.1. The van der Waals surface area contributed by atoms with Gasteiger partial charge in [-0.05, 0) is 6.42 Å². The number of ether oxygens (including phenoxy) is 2. The number of carboxylic acid groups (broad SMARTS) is 1. The summed E-state index contributed by atoms with van der Waals surface area (Å²) in [7, 11) is 2.82. The summed E-state index contributed by atoms with van der Waals surface area (Å²) in [5, 5.41) is 8.54. The van der Waals surface area contributed by atoms with Gasteiger partial charge in [0.2, 0.25) is 0 Å². The Morgan fingerprint density at radius 2 is 2.06 bits per heavy atom. The van der Waals surface area contributed by atoms with Crippen LogP contribution in [-0.4, -0.2) is 25.3 Å². The summed E-state index contributed by atoms with van der Waals surface area (Å²) >= 11 is 0. The zero-order valence-electron chi connectivity index (χ0n) is 9.12. The van der Waals surface area contributed by atoms with Crippen LogP contribution in [0.5, 0.6) is 11.5 Å². The van der Waals surface area contributed by atoms with E-state index in [0.29, 0.717) is 11.5 Å². The Morgan fingerprint density at radius 1 is 1.38 bits per heavy atom. The summed E-state index contributed by atoms with van der Waals surface area (Å²) < 4.78 is 23.5. The standard InChI is InChI=1S/C11H13FO4/c1-15-7-5-9(12)8(3-4-11(13)14)10(6-7)16-2/h5-6H,3-4H2,1-2H3,(H,13,14). The van der Waals surface area contributed by atoms with Crippen LogP contribution >= 0.6 is 0 Å². The van der Waals surface area contributed by atoms with Crippen LogP contribution in [0.3, 0.4) is 0 Å². The molecule has 0 atom stereocenters. The van der Waals surface area contributed by atoms with Crippen molar-refractivity contribution in [1.29, 1.82) is 0 Å². The first-order chi connectivity index (χ1) is 7.58. The molecular weight excluding hydrogens is 215 g/mol. The molecule has 0 radical (unpaired) electrons. The van der Waals surface area contributed by atoms with Gasteiger partial charge in [0.05, 0.1) is 14.2 Å². The molecule has 1 N–H and O–H groups in total. The van der Waals surface area contributed by atoms with E-state index in [0.717, 1.165) is 0 Å². The summed E-state index contributed by atoms with van der Waals surface area (Å²) in [6, 6.07) is 2.74. The Kier molecular flexibility index (Phi) is 4.10. The lowest BCUT2D eigenvalue weighted by Gasteiger charge is -2.10. The second kappa shape index (κ2) is 5.34. The Hall–Kier alpha value is -1.78. The van der Waals surface area contributed by atoms with Gasteiger partial charge < -0.3 is 14.6 Å². The maximum Gasteiger partial charge on any atom is 0.303 e. The molecule has 0 aromatic heterocycles. The van der Waals surface area contributed by atoms with Gasteiger partial charge in [-0.1, -0.05) is 0 Å². The van der Waals surface area contributed by atoms with Gasteiger partial charge in [-0.25, -0.2) is 4.39 Å². The third-order valence-electron chi connectivity index (χ3n) is 2.17. The minimum atomic E-state index is -0.975. The summed E-state index contributed by atoms with van der Waals surface area (Å²) in [6.45, 7) is 0. The SMILES string of the molecule is COc1cc(F)c(CCC(=O)O)c(OC)c1. The van der Waals surface area contributed by atoms with Gasteiger partial charge in [0.1, 0.15) is 17.3 Å². The first kappa shape index (κ1) is 12.3. The van der Waals surface area contributed by atoms with Crippen molar-refractivity contribution in [2.24, 2.45) is 0 Å². The van der Waals surface area contributed by atoms with E-state index in [1.807, 2.05) is 0 Å². The second-order valence-electron chi connectivity index (χ2n) is 3.18. The molecule has 16 heavy (non-hydrogen) atoms. The van der Waals surface area contributed by atoms with Gasteiger partial charge in [0.25, 0.3) is 0 Å². The summed E-state index contributed by atoms with van der Waals surface area (Å²) in [6.07, 6.45) is -0.0477. The maximum atomic E-state index is 13.6. The second-order valence-corrected chi connectivity index (χ2v) is 3.18. The van der Waals surface area contributed by atoms with Gasteiger partial charge in [-0.15, -0.1) is 0 Å². The van der Waals surface area contributed by atoms with E-state index < -0.39 is 11.8 Å². The van der Waals surface area contributed by atoms with Gasteiger partial charge >= 0.3 is 5.97 Å². The summed E-state index contributed by atoms with van der Waals surface area (Å²) in [5.74, 6) is -0.846. The van der Waals surface area contributed by atoms with Crippen molar-refractivity contribution in [1.82, 2.24) is 0 Å². The minimum absolute atomic E-state index is 0.0916. The van der Waals surface area contributed by atoms with Crippen molar-refractivity contribution >= 4 is 5.97 Å². The minimum Gasteiger partial charge on any atom is -0.497 e. The molecule has 1 aromatic rings. The number of rotatable bonds is 5. The Morgan fingerprint density at radius 3 is 2.56 bits per heavy atom. The van der Waals surface area contributed by atoms with E-state index in [4.69, 9.17) is 14.6 Å². The van der Waals surface area contributed by atoms with Crippen molar-refractivity contribution in [3.05, 3.63) is 23.5 Å². The van der Waals surface area contributed by atoms with Gasteiger partial charge in [-0.3, -0.25) is 4.79 Å². The molecule has 0 aliphatic heterocycles. The molecule has 1 aromatic carbocycles. The fraction of sp³-hybridized carbons (Fsp3) is 0.364. The van der Waals surface area contributed by atoms with E-state index >= 15 is 0 Å². The molecule has 0 heterocycles. The Balaban J connectivity index is 3.01. The van der Waals surface area contributed by atoms with Crippen LogP contribution in [0.1, 0.15) is 12.0 Å². The van der Waals surface area contributed by atoms with Crippen LogP contribution in [0.15, 0.2) is 12.1 Å². The highest BCUT2D eigenvalue weighted by Gasteiger charge is 2.13. The molecule has 0 aliphatic rings. The largest absolute Gasteiger partial charge is 0.497 e. The number of halogens is 1. The third kappa shape index (κ3) is 2.85. The molecule has 0 bridgehead atoms. The van der Waals surface area contributed by atoms with Crippen molar-refractivity contribution in [3.8, 4) is 11.5 Å². The number of carboxylic acids is 1. The van der Waals surface area contributed by atoms with E-state index in [1.54, 1.807) is 0 Å². The number of hydrogen-bond acceptors (Lipinski definition) is 3. The quantitative estimate of drug-likeness (QED) is 0.835. The average molecular weight is 228 g/mol. The lowest BCUT2D eigenvalue weighted by atomic mass is 10.1. The van der Waals surface area contributed by atoms with Crippen LogP contribution in [0.4, 0.5) is 4.39 Å². The molecule has 0 amide bonds. The topological polar surface area (TPSA) is 55.8 Å². The van der Waals surface area contributed by atoms with Crippen molar-refractivity contribution in [3.63, 3.8) is 0 Å². The van der Waals surface area contributed by atoms with E-state index in [-0.39, 0.29) is 18.4 Å². The van der Waals surface area contributed by atoms with E-state index in [9.17, 15) is 9.18 Å². The summed E-state index contributed by atoms with van der Waals surface area (Å²) in [5.41, 5.74) is 0.255. The van der Waals surface area contributed by atoms with Crippen molar-refractivity contribution in [2.75, 3.05) is 14.2 Å². The third-order valence-corrected chi connectivity index (χ3v) is 2.17. The fourth-order valence-corrected chi connectivity index (χ4v) is 1.36. The van der Waals surface area contributed by atoms with Gasteiger partial charge in [0, 0.05) is 24.1 Å². The van der Waals surface area contributed by atoms with Crippen LogP contribution in [0, 0.1) is 5.82 Å². The predicted octanol–water partition coefficient (Wildman–Crippen LogP) is 1.86. The smallest absolute Gasteiger partial charge is 0.303 e.